The molecule has 8 heteroatoms. The number of methoxy groups -OCH3 is 1. The van der Waals surface area contributed by atoms with Crippen molar-refractivity contribution in [2.75, 3.05) is 7.11 Å². The summed E-state index contributed by atoms with van der Waals surface area (Å²) in [5.74, 6) is 0.767. The molecule has 0 spiro atoms. The van der Waals surface area contributed by atoms with Crippen molar-refractivity contribution in [2.45, 2.75) is 6.54 Å². The summed E-state index contributed by atoms with van der Waals surface area (Å²) in [5, 5.41) is 0.881. The van der Waals surface area contributed by atoms with Crippen molar-refractivity contribution in [3.63, 3.8) is 0 Å². The van der Waals surface area contributed by atoms with Gasteiger partial charge in [-0.25, -0.2) is 9.79 Å². The SMILES string of the molecule is COc1ccc(Cn2c(=O)[nH]sc2=Nc2ccc(Cl)c(Cl)c2)cc1. The molecule has 24 heavy (non-hydrogen) atoms. The highest BCUT2D eigenvalue weighted by Crippen LogP contribution is 2.26. The van der Waals surface area contributed by atoms with Crippen molar-refractivity contribution in [1.82, 2.24) is 8.94 Å². The van der Waals surface area contributed by atoms with Crippen molar-refractivity contribution < 1.29 is 4.74 Å². The fourth-order valence-electron chi connectivity index (χ4n) is 2.09. The number of aromatic nitrogens is 2. The summed E-state index contributed by atoms with van der Waals surface area (Å²) >= 11 is 13.1. The molecule has 0 saturated carbocycles. The van der Waals surface area contributed by atoms with E-state index in [1.165, 1.54) is 11.5 Å². The molecule has 1 aromatic heterocycles. The molecule has 0 aliphatic rings. The third-order valence-electron chi connectivity index (χ3n) is 3.33. The molecule has 0 unspecified atom stereocenters. The Kier molecular flexibility index (Phi) is 5.08. The minimum Gasteiger partial charge on any atom is -0.497 e. The minimum absolute atomic E-state index is 0.213. The molecule has 0 bridgehead atoms. The highest BCUT2D eigenvalue weighted by molar-refractivity contribution is 7.02. The molecule has 1 heterocycles. The van der Waals surface area contributed by atoms with Gasteiger partial charge in [-0.05, 0) is 47.4 Å². The minimum atomic E-state index is -0.213. The highest BCUT2D eigenvalue weighted by atomic mass is 35.5. The third-order valence-corrected chi connectivity index (χ3v) is 4.84. The number of H-pyrrole nitrogens is 1. The van der Waals surface area contributed by atoms with Crippen molar-refractivity contribution in [3.8, 4) is 5.75 Å². The lowest BCUT2D eigenvalue weighted by atomic mass is 10.2. The van der Waals surface area contributed by atoms with Crippen LogP contribution in [0.4, 0.5) is 5.69 Å². The summed E-state index contributed by atoms with van der Waals surface area (Å²) in [6.07, 6.45) is 0. The van der Waals surface area contributed by atoms with Crippen molar-refractivity contribution in [1.29, 1.82) is 0 Å². The number of hydrogen-bond acceptors (Lipinski definition) is 4. The first-order valence-corrected chi connectivity index (χ1v) is 8.55. The first-order chi connectivity index (χ1) is 11.6. The summed E-state index contributed by atoms with van der Waals surface area (Å²) in [4.78, 5) is 17.1. The lowest BCUT2D eigenvalue weighted by molar-refractivity contribution is 0.414. The Morgan fingerprint density at radius 2 is 1.92 bits per heavy atom. The van der Waals surface area contributed by atoms with E-state index in [9.17, 15) is 4.79 Å². The number of aromatic amines is 1. The molecular weight excluding hydrogens is 369 g/mol. The number of ether oxygens (including phenoxy) is 1. The standard InChI is InChI=1S/C16H13Cl2N3O2S/c1-23-12-5-2-10(3-6-12)9-21-15(22)20-24-16(21)19-11-4-7-13(17)14(18)8-11/h2-8H,9H2,1H3,(H,20,22). The quantitative estimate of drug-likeness (QED) is 0.746. The third kappa shape index (κ3) is 3.72. The number of nitrogens with zero attached hydrogens (tertiary/aromatic N) is 2. The first-order valence-electron chi connectivity index (χ1n) is 6.98. The van der Waals surface area contributed by atoms with Gasteiger partial charge in [-0.1, -0.05) is 35.3 Å². The van der Waals surface area contributed by atoms with Crippen LogP contribution in [0.15, 0.2) is 52.3 Å². The lowest BCUT2D eigenvalue weighted by Gasteiger charge is -2.04. The predicted molar refractivity (Wildman–Crippen MR) is 96.7 cm³/mol. The molecule has 3 rings (SSSR count). The summed E-state index contributed by atoms with van der Waals surface area (Å²) in [6, 6.07) is 12.6. The van der Waals surface area contributed by atoms with E-state index in [4.69, 9.17) is 27.9 Å². The molecule has 1 N–H and O–H groups in total. The molecule has 0 fully saturated rings. The number of nitrogens with one attached hydrogen (secondary N) is 1. The van der Waals surface area contributed by atoms with Crippen molar-refractivity contribution in [2.24, 2.45) is 4.99 Å². The molecule has 2 aromatic carbocycles. The fraction of sp³-hybridized carbons (Fsp3) is 0.125. The zero-order chi connectivity index (χ0) is 17.1. The summed E-state index contributed by atoms with van der Waals surface area (Å²) < 4.78 is 9.40. The normalized spacial score (nSPS) is 11.7. The smallest absolute Gasteiger partial charge is 0.337 e. The second kappa shape index (κ2) is 7.25. The lowest BCUT2D eigenvalue weighted by Crippen LogP contribution is -2.26. The van der Waals surface area contributed by atoms with Gasteiger partial charge in [0.05, 0.1) is 29.4 Å². The van der Waals surface area contributed by atoms with Gasteiger partial charge in [-0.3, -0.25) is 8.94 Å². The van der Waals surface area contributed by atoms with Crippen molar-refractivity contribution >= 4 is 40.4 Å². The molecule has 5 nitrogen and oxygen atoms in total. The Morgan fingerprint density at radius 3 is 2.58 bits per heavy atom. The molecule has 0 atom stereocenters. The van der Waals surface area contributed by atoms with Gasteiger partial charge in [-0.2, -0.15) is 0 Å². The predicted octanol–water partition coefficient (Wildman–Crippen LogP) is 3.83. The van der Waals surface area contributed by atoms with Gasteiger partial charge in [0.15, 0.2) is 0 Å². The Bertz CT molecular complexity index is 974. The molecular formula is C16H13Cl2N3O2S. The van der Waals surface area contributed by atoms with Crippen LogP contribution in [0.5, 0.6) is 5.75 Å². The van der Waals surface area contributed by atoms with Gasteiger partial charge in [-0.15, -0.1) is 0 Å². The monoisotopic (exact) mass is 381 g/mol. The molecule has 124 valence electrons. The van der Waals surface area contributed by atoms with E-state index in [1.807, 2.05) is 24.3 Å². The van der Waals surface area contributed by atoms with Crippen LogP contribution in [-0.2, 0) is 6.54 Å². The van der Waals surface area contributed by atoms with Crippen molar-refractivity contribution in [3.05, 3.63) is 73.4 Å². The topological polar surface area (TPSA) is 59.4 Å². The van der Waals surface area contributed by atoms with Gasteiger partial charge in [0.1, 0.15) is 5.75 Å². The number of benzene rings is 2. The Hall–Kier alpha value is -2.02. The van der Waals surface area contributed by atoms with Crippen LogP contribution in [-0.4, -0.2) is 16.1 Å². The van der Waals surface area contributed by atoms with Gasteiger partial charge in [0, 0.05) is 0 Å². The average Bonchev–Trinajstić information content (AvgIpc) is 2.92. The van der Waals surface area contributed by atoms with E-state index in [1.54, 1.807) is 29.9 Å². The largest absolute Gasteiger partial charge is 0.497 e. The van der Waals surface area contributed by atoms with Crippen LogP contribution >= 0.6 is 34.7 Å². The average molecular weight is 382 g/mol. The Morgan fingerprint density at radius 1 is 1.17 bits per heavy atom. The zero-order valence-corrected chi connectivity index (χ0v) is 15.0. The van der Waals surface area contributed by atoms with Gasteiger partial charge < -0.3 is 4.74 Å². The molecule has 0 saturated heterocycles. The van der Waals surface area contributed by atoms with Gasteiger partial charge in [0.25, 0.3) is 0 Å². The summed E-state index contributed by atoms with van der Waals surface area (Å²) in [5.41, 5.74) is 1.38. The van der Waals surface area contributed by atoms with Gasteiger partial charge >= 0.3 is 5.69 Å². The van der Waals surface area contributed by atoms with E-state index in [-0.39, 0.29) is 5.69 Å². The van der Waals surface area contributed by atoms with Gasteiger partial charge in [0.2, 0.25) is 4.80 Å². The maximum absolute atomic E-state index is 12.1. The van der Waals surface area contributed by atoms with E-state index in [2.05, 4.69) is 9.37 Å². The fourth-order valence-corrected chi connectivity index (χ4v) is 3.08. The highest BCUT2D eigenvalue weighted by Gasteiger charge is 2.05. The van der Waals surface area contributed by atoms with E-state index in [0.717, 1.165) is 11.3 Å². The number of halogens is 2. The number of hydrogen-bond donors (Lipinski definition) is 1. The van der Waals surface area contributed by atoms with Crippen LogP contribution in [0.3, 0.4) is 0 Å². The summed E-state index contributed by atoms with van der Waals surface area (Å²) in [6.45, 7) is 0.406. The first kappa shape index (κ1) is 16.8. The van der Waals surface area contributed by atoms with E-state index < -0.39 is 0 Å². The Labute approximate surface area is 151 Å². The maximum atomic E-state index is 12.1. The zero-order valence-electron chi connectivity index (χ0n) is 12.6. The van der Waals surface area contributed by atoms with Crippen LogP contribution in [0.2, 0.25) is 10.0 Å². The van der Waals surface area contributed by atoms with Crippen LogP contribution in [0, 0.1) is 0 Å². The molecule has 0 radical (unpaired) electrons. The van der Waals surface area contributed by atoms with E-state index >= 15 is 0 Å². The second-order valence-corrected chi connectivity index (χ2v) is 6.52. The summed E-state index contributed by atoms with van der Waals surface area (Å²) in [7, 11) is 1.61. The molecule has 0 aliphatic carbocycles. The second-order valence-electron chi connectivity index (χ2n) is 4.94. The van der Waals surface area contributed by atoms with Crippen LogP contribution in [0.1, 0.15) is 5.56 Å². The van der Waals surface area contributed by atoms with Crippen LogP contribution < -0.4 is 15.2 Å². The van der Waals surface area contributed by atoms with Crippen LogP contribution in [0.25, 0.3) is 0 Å². The number of rotatable bonds is 4. The molecule has 0 amide bonds. The molecule has 0 aliphatic heterocycles. The van der Waals surface area contributed by atoms with E-state index in [0.29, 0.717) is 27.1 Å². The maximum Gasteiger partial charge on any atom is 0.337 e. The Balaban J connectivity index is 1.97. The molecule has 3 aromatic rings.